The SMILES string of the molecule is CCC1OCCC1c1ncc(C=O)o1. The van der Waals surface area contributed by atoms with Gasteiger partial charge in [0.2, 0.25) is 5.89 Å². The fraction of sp³-hybridized carbons (Fsp3) is 0.600. The summed E-state index contributed by atoms with van der Waals surface area (Å²) in [6.07, 6.45) is 4.20. The maximum absolute atomic E-state index is 10.4. The number of rotatable bonds is 3. The summed E-state index contributed by atoms with van der Waals surface area (Å²) in [7, 11) is 0. The molecule has 4 heteroatoms. The topological polar surface area (TPSA) is 52.3 Å². The van der Waals surface area contributed by atoms with E-state index in [0.717, 1.165) is 19.4 Å². The molecule has 1 aromatic heterocycles. The van der Waals surface area contributed by atoms with Crippen LogP contribution in [0, 0.1) is 0 Å². The van der Waals surface area contributed by atoms with E-state index in [1.807, 2.05) is 0 Å². The molecule has 1 aromatic rings. The average molecular weight is 195 g/mol. The van der Waals surface area contributed by atoms with Gasteiger partial charge in [0, 0.05) is 6.61 Å². The number of hydrogen-bond donors (Lipinski definition) is 0. The highest BCUT2D eigenvalue weighted by Gasteiger charge is 2.31. The van der Waals surface area contributed by atoms with Crippen LogP contribution in [-0.4, -0.2) is 24.0 Å². The van der Waals surface area contributed by atoms with Gasteiger partial charge < -0.3 is 9.15 Å². The number of aldehydes is 1. The van der Waals surface area contributed by atoms with Gasteiger partial charge in [-0.2, -0.15) is 0 Å². The molecule has 76 valence electrons. The second-order valence-electron chi connectivity index (χ2n) is 3.43. The lowest BCUT2D eigenvalue weighted by Crippen LogP contribution is -2.12. The molecule has 1 saturated heterocycles. The summed E-state index contributed by atoms with van der Waals surface area (Å²) in [4.78, 5) is 14.5. The van der Waals surface area contributed by atoms with Crippen molar-refractivity contribution in [2.75, 3.05) is 6.61 Å². The van der Waals surface area contributed by atoms with Crippen LogP contribution in [0.3, 0.4) is 0 Å². The van der Waals surface area contributed by atoms with E-state index in [1.165, 1.54) is 6.20 Å². The molecule has 0 aliphatic carbocycles. The third-order valence-corrected chi connectivity index (χ3v) is 2.59. The number of nitrogens with zero attached hydrogens (tertiary/aromatic N) is 1. The first-order chi connectivity index (χ1) is 6.85. The van der Waals surface area contributed by atoms with Crippen molar-refractivity contribution in [2.24, 2.45) is 0 Å². The zero-order valence-electron chi connectivity index (χ0n) is 8.10. The Labute approximate surface area is 82.3 Å². The summed E-state index contributed by atoms with van der Waals surface area (Å²) in [5, 5.41) is 0. The van der Waals surface area contributed by atoms with Gasteiger partial charge in [-0.15, -0.1) is 0 Å². The highest BCUT2D eigenvalue weighted by molar-refractivity contribution is 5.69. The van der Waals surface area contributed by atoms with E-state index in [0.29, 0.717) is 17.9 Å². The first-order valence-electron chi connectivity index (χ1n) is 4.87. The molecule has 1 aliphatic rings. The average Bonchev–Trinajstić information content (AvgIpc) is 2.85. The Bertz CT molecular complexity index is 321. The van der Waals surface area contributed by atoms with Crippen molar-refractivity contribution in [1.82, 2.24) is 4.98 Å². The van der Waals surface area contributed by atoms with Gasteiger partial charge in [-0.05, 0) is 12.8 Å². The molecule has 0 spiro atoms. The van der Waals surface area contributed by atoms with Crippen LogP contribution in [0.2, 0.25) is 0 Å². The Balaban J connectivity index is 2.17. The predicted octanol–water partition coefficient (Wildman–Crippen LogP) is 1.77. The lowest BCUT2D eigenvalue weighted by molar-refractivity contribution is 0.0956. The summed E-state index contributed by atoms with van der Waals surface area (Å²) < 4.78 is 10.8. The molecular formula is C10H13NO3. The predicted molar refractivity (Wildman–Crippen MR) is 49.3 cm³/mol. The van der Waals surface area contributed by atoms with Crippen LogP contribution in [0.4, 0.5) is 0 Å². The zero-order valence-corrected chi connectivity index (χ0v) is 8.10. The van der Waals surface area contributed by atoms with E-state index in [9.17, 15) is 4.79 Å². The maximum Gasteiger partial charge on any atom is 0.200 e. The van der Waals surface area contributed by atoms with E-state index in [1.54, 1.807) is 0 Å². The first kappa shape index (κ1) is 9.40. The number of carbonyl (C=O) groups excluding carboxylic acids is 1. The van der Waals surface area contributed by atoms with E-state index < -0.39 is 0 Å². The van der Waals surface area contributed by atoms with Gasteiger partial charge in [0.25, 0.3) is 0 Å². The highest BCUT2D eigenvalue weighted by atomic mass is 16.5. The molecule has 0 N–H and O–H groups in total. The van der Waals surface area contributed by atoms with Gasteiger partial charge in [-0.3, -0.25) is 4.79 Å². The molecule has 0 amide bonds. The minimum Gasteiger partial charge on any atom is -0.438 e. The zero-order chi connectivity index (χ0) is 9.97. The molecule has 0 saturated carbocycles. The molecule has 4 nitrogen and oxygen atoms in total. The second-order valence-corrected chi connectivity index (χ2v) is 3.43. The summed E-state index contributed by atoms with van der Waals surface area (Å²) in [5.41, 5.74) is 0. The van der Waals surface area contributed by atoms with Crippen LogP contribution in [0.5, 0.6) is 0 Å². The lowest BCUT2D eigenvalue weighted by Gasteiger charge is -2.12. The van der Waals surface area contributed by atoms with E-state index >= 15 is 0 Å². The molecule has 1 fully saturated rings. The van der Waals surface area contributed by atoms with E-state index in [4.69, 9.17) is 9.15 Å². The number of ether oxygens (including phenoxy) is 1. The van der Waals surface area contributed by atoms with Gasteiger partial charge in [0.1, 0.15) is 0 Å². The van der Waals surface area contributed by atoms with Crippen molar-refractivity contribution in [3.63, 3.8) is 0 Å². The Hall–Kier alpha value is -1.16. The van der Waals surface area contributed by atoms with Crippen molar-refractivity contribution < 1.29 is 13.9 Å². The monoisotopic (exact) mass is 195 g/mol. The van der Waals surface area contributed by atoms with Crippen molar-refractivity contribution in [2.45, 2.75) is 31.8 Å². The van der Waals surface area contributed by atoms with Gasteiger partial charge in [0.05, 0.1) is 18.2 Å². The second kappa shape index (κ2) is 3.92. The summed E-state index contributed by atoms with van der Waals surface area (Å²) >= 11 is 0. The fourth-order valence-corrected chi connectivity index (χ4v) is 1.86. The standard InChI is InChI=1S/C10H13NO3/c1-2-9-8(3-4-13-9)10-11-5-7(6-12)14-10/h5-6,8-9H,2-4H2,1H3. The normalized spacial score (nSPS) is 26.6. The molecule has 0 aromatic carbocycles. The fourth-order valence-electron chi connectivity index (χ4n) is 1.86. The minimum atomic E-state index is 0.188. The maximum atomic E-state index is 10.4. The van der Waals surface area contributed by atoms with Gasteiger partial charge in [-0.1, -0.05) is 6.92 Å². The Morgan fingerprint density at radius 2 is 2.57 bits per heavy atom. The quantitative estimate of drug-likeness (QED) is 0.690. The van der Waals surface area contributed by atoms with Crippen LogP contribution >= 0.6 is 0 Å². The van der Waals surface area contributed by atoms with Crippen molar-refractivity contribution >= 4 is 6.29 Å². The third kappa shape index (κ3) is 1.57. The molecule has 2 unspecified atom stereocenters. The highest BCUT2D eigenvalue weighted by Crippen LogP contribution is 2.32. The van der Waals surface area contributed by atoms with Crippen molar-refractivity contribution in [3.05, 3.63) is 17.8 Å². The largest absolute Gasteiger partial charge is 0.438 e. The number of carbonyl (C=O) groups is 1. The molecule has 14 heavy (non-hydrogen) atoms. The number of hydrogen-bond acceptors (Lipinski definition) is 4. The van der Waals surface area contributed by atoms with Crippen LogP contribution in [0.1, 0.15) is 42.1 Å². The summed E-state index contributed by atoms with van der Waals surface area (Å²) in [6, 6.07) is 0. The number of aromatic nitrogens is 1. The lowest BCUT2D eigenvalue weighted by atomic mass is 10.00. The van der Waals surface area contributed by atoms with E-state index in [2.05, 4.69) is 11.9 Å². The van der Waals surface area contributed by atoms with Crippen molar-refractivity contribution in [1.29, 1.82) is 0 Å². The van der Waals surface area contributed by atoms with Crippen LogP contribution in [-0.2, 0) is 4.74 Å². The Kier molecular flexibility index (Phi) is 2.63. The smallest absolute Gasteiger partial charge is 0.200 e. The minimum absolute atomic E-state index is 0.188. The molecule has 2 atom stereocenters. The molecule has 1 aliphatic heterocycles. The Morgan fingerprint density at radius 3 is 3.21 bits per heavy atom. The Morgan fingerprint density at radius 1 is 1.71 bits per heavy atom. The van der Waals surface area contributed by atoms with Crippen molar-refractivity contribution in [3.8, 4) is 0 Å². The van der Waals surface area contributed by atoms with E-state index in [-0.39, 0.29) is 12.0 Å². The van der Waals surface area contributed by atoms with Crippen LogP contribution in [0.25, 0.3) is 0 Å². The van der Waals surface area contributed by atoms with Crippen LogP contribution < -0.4 is 0 Å². The first-order valence-corrected chi connectivity index (χ1v) is 4.87. The third-order valence-electron chi connectivity index (χ3n) is 2.59. The molecule has 2 heterocycles. The van der Waals surface area contributed by atoms with Gasteiger partial charge in [0.15, 0.2) is 12.0 Å². The number of oxazole rings is 1. The molecular weight excluding hydrogens is 182 g/mol. The summed E-state index contributed by atoms with van der Waals surface area (Å²) in [6.45, 7) is 2.83. The molecule has 0 radical (unpaired) electrons. The molecule has 0 bridgehead atoms. The van der Waals surface area contributed by atoms with Crippen LogP contribution in [0.15, 0.2) is 10.6 Å². The van der Waals surface area contributed by atoms with Gasteiger partial charge in [-0.25, -0.2) is 4.98 Å². The summed E-state index contributed by atoms with van der Waals surface area (Å²) in [5.74, 6) is 1.15. The van der Waals surface area contributed by atoms with Gasteiger partial charge >= 0.3 is 0 Å². The molecule has 2 rings (SSSR count).